The zero-order valence-corrected chi connectivity index (χ0v) is 13.8. The van der Waals surface area contributed by atoms with Crippen molar-refractivity contribution in [3.8, 4) is 0 Å². The maximum absolute atomic E-state index is 12.5. The SMILES string of the molecule is [3H]C1C=C(Br)CN=C1N=C(C)S(=O)(=O)c1cccc([N+](=O)[O-])c1. The van der Waals surface area contributed by atoms with E-state index in [9.17, 15) is 18.5 Å². The Kier molecular flexibility index (Phi) is 4.44. The summed E-state index contributed by atoms with van der Waals surface area (Å²) in [5, 5.41) is 10.5. The van der Waals surface area contributed by atoms with Crippen LogP contribution in [0, 0.1) is 10.1 Å². The minimum absolute atomic E-state index is 0.0831. The predicted molar refractivity (Wildman–Crippen MR) is 87.3 cm³/mol. The molecule has 0 saturated carbocycles. The average molecular weight is 388 g/mol. The van der Waals surface area contributed by atoms with Crippen LogP contribution in [0.3, 0.4) is 0 Å². The van der Waals surface area contributed by atoms with Crippen LogP contribution in [0.5, 0.6) is 0 Å². The maximum Gasteiger partial charge on any atom is 0.270 e. The third kappa shape index (κ3) is 3.66. The molecule has 0 amide bonds. The Balaban J connectivity index is 2.38. The van der Waals surface area contributed by atoms with E-state index in [-0.39, 0.29) is 21.5 Å². The van der Waals surface area contributed by atoms with Crippen molar-refractivity contribution < 1.29 is 14.7 Å². The molecular weight excluding hydrogens is 374 g/mol. The van der Waals surface area contributed by atoms with Crippen LogP contribution in [0.15, 0.2) is 49.7 Å². The number of dihydropyridines is 1. The van der Waals surface area contributed by atoms with E-state index < -0.39 is 21.2 Å². The molecule has 9 heteroatoms. The summed E-state index contributed by atoms with van der Waals surface area (Å²) in [6.45, 7) is 1.56. The van der Waals surface area contributed by atoms with Crippen molar-refractivity contribution in [2.75, 3.05) is 6.54 Å². The zero-order chi connectivity index (χ0) is 17.2. The number of rotatable bonds is 2. The molecule has 1 atom stereocenters. The monoisotopic (exact) mass is 387 g/mol. The highest BCUT2D eigenvalue weighted by atomic mass is 79.9. The summed E-state index contributed by atoms with van der Waals surface area (Å²) in [5.41, 5.74) is -0.320. The number of halogens is 1. The number of benzene rings is 1. The molecule has 1 aliphatic heterocycles. The largest absolute Gasteiger partial charge is 0.270 e. The van der Waals surface area contributed by atoms with Gasteiger partial charge in [0, 0.05) is 24.4 Å². The molecule has 22 heavy (non-hydrogen) atoms. The van der Waals surface area contributed by atoms with Gasteiger partial charge in [0.15, 0.2) is 0 Å². The fourth-order valence-electron chi connectivity index (χ4n) is 1.66. The Morgan fingerprint density at radius 1 is 1.55 bits per heavy atom. The number of sulfone groups is 1. The van der Waals surface area contributed by atoms with Crippen LogP contribution in [-0.2, 0) is 9.84 Å². The summed E-state index contributed by atoms with van der Waals surface area (Å²) >= 11 is 3.22. The normalized spacial score (nSPS) is 20.0. The number of hydrogen-bond donors (Lipinski definition) is 0. The topological polar surface area (TPSA) is 102 Å². The average Bonchev–Trinajstić information content (AvgIpc) is 2.50. The van der Waals surface area contributed by atoms with Crippen molar-refractivity contribution in [3.63, 3.8) is 0 Å². The van der Waals surface area contributed by atoms with Crippen molar-refractivity contribution in [1.82, 2.24) is 0 Å². The van der Waals surface area contributed by atoms with Crippen molar-refractivity contribution in [3.05, 3.63) is 44.9 Å². The molecule has 1 aliphatic rings. The van der Waals surface area contributed by atoms with Gasteiger partial charge < -0.3 is 0 Å². The van der Waals surface area contributed by atoms with Gasteiger partial charge in [-0.1, -0.05) is 28.1 Å². The molecule has 0 saturated heterocycles. The van der Waals surface area contributed by atoms with Crippen LogP contribution in [0.1, 0.15) is 14.7 Å². The summed E-state index contributed by atoms with van der Waals surface area (Å²) in [7, 11) is -3.98. The van der Waals surface area contributed by atoms with E-state index in [4.69, 9.17) is 1.37 Å². The van der Waals surface area contributed by atoms with Gasteiger partial charge in [0.25, 0.3) is 5.69 Å². The lowest BCUT2D eigenvalue weighted by atomic mass is 10.3. The molecule has 2 rings (SSSR count). The Hall–Kier alpha value is -1.87. The fourth-order valence-corrected chi connectivity index (χ4v) is 3.00. The summed E-state index contributed by atoms with van der Waals surface area (Å²) < 4.78 is 33.5. The van der Waals surface area contributed by atoms with E-state index in [1.165, 1.54) is 25.1 Å². The van der Waals surface area contributed by atoms with Crippen molar-refractivity contribution in [1.29, 1.82) is 0 Å². The van der Waals surface area contributed by atoms with Gasteiger partial charge in [0.05, 0.1) is 16.4 Å². The molecular formula is C13H12BrN3O4S. The molecule has 0 radical (unpaired) electrons. The second kappa shape index (κ2) is 6.49. The second-order valence-corrected chi connectivity index (χ2v) is 7.43. The molecule has 116 valence electrons. The standard InChI is InChI=1S/C13H12BrN3O4S/c1-9(16-13-6-5-10(14)8-15-13)22(20,21)12-4-2-3-11(7-12)17(18)19/h2-5,7H,6,8H2,1H3/i6T. The molecule has 7 nitrogen and oxygen atoms in total. The lowest BCUT2D eigenvalue weighted by Gasteiger charge is -2.08. The first-order valence-corrected chi connectivity index (χ1v) is 8.37. The van der Waals surface area contributed by atoms with Crippen molar-refractivity contribution >= 4 is 42.3 Å². The molecule has 0 spiro atoms. The smallest absolute Gasteiger partial charge is 0.265 e. The first-order chi connectivity index (χ1) is 10.7. The highest BCUT2D eigenvalue weighted by Crippen LogP contribution is 2.20. The summed E-state index contributed by atoms with van der Waals surface area (Å²) in [5.74, 6) is 0.0831. The van der Waals surface area contributed by atoms with Crippen LogP contribution in [-0.4, -0.2) is 30.8 Å². The first kappa shape index (κ1) is 15.0. The number of nitro benzene ring substituents is 1. The lowest BCUT2D eigenvalue weighted by Crippen LogP contribution is -2.15. The summed E-state index contributed by atoms with van der Waals surface area (Å²) in [6.07, 6.45) is 0.701. The van der Waals surface area contributed by atoms with E-state index in [0.29, 0.717) is 6.54 Å². The Bertz CT molecular complexity index is 849. The number of nitro groups is 1. The minimum atomic E-state index is -3.98. The molecule has 1 aromatic carbocycles. The van der Waals surface area contributed by atoms with Gasteiger partial charge >= 0.3 is 0 Å². The number of nitrogens with zero attached hydrogens (tertiary/aromatic N) is 3. The van der Waals surface area contributed by atoms with Gasteiger partial charge in [0.2, 0.25) is 9.84 Å². The number of amidine groups is 1. The van der Waals surface area contributed by atoms with E-state index in [1.807, 2.05) is 0 Å². The molecule has 0 N–H and O–H groups in total. The fraction of sp³-hybridized carbons (Fsp3) is 0.231. The van der Waals surface area contributed by atoms with Gasteiger partial charge in [-0.05, 0) is 13.0 Å². The molecule has 0 aromatic heterocycles. The van der Waals surface area contributed by atoms with E-state index in [1.54, 1.807) is 6.08 Å². The van der Waals surface area contributed by atoms with Crippen LogP contribution in [0.25, 0.3) is 0 Å². The molecule has 1 heterocycles. The minimum Gasteiger partial charge on any atom is -0.265 e. The summed E-state index contributed by atoms with van der Waals surface area (Å²) in [4.78, 5) is 17.8. The highest BCUT2D eigenvalue weighted by Gasteiger charge is 2.22. The number of non-ortho nitro benzene ring substituents is 1. The van der Waals surface area contributed by atoms with Crippen molar-refractivity contribution in [2.45, 2.75) is 18.2 Å². The van der Waals surface area contributed by atoms with Crippen LogP contribution in [0.4, 0.5) is 5.69 Å². The van der Waals surface area contributed by atoms with E-state index in [0.717, 1.165) is 10.5 Å². The predicted octanol–water partition coefficient (Wildman–Crippen LogP) is 2.87. The van der Waals surface area contributed by atoms with Gasteiger partial charge in [-0.25, -0.2) is 13.4 Å². The van der Waals surface area contributed by atoms with Gasteiger partial charge in [0.1, 0.15) is 10.9 Å². The molecule has 0 fully saturated rings. The maximum atomic E-state index is 12.5. The quantitative estimate of drug-likeness (QED) is 0.336. The third-order valence-electron chi connectivity index (χ3n) is 2.80. The Labute approximate surface area is 137 Å². The van der Waals surface area contributed by atoms with E-state index in [2.05, 4.69) is 25.9 Å². The van der Waals surface area contributed by atoms with E-state index >= 15 is 0 Å². The van der Waals surface area contributed by atoms with Gasteiger partial charge in [-0.2, -0.15) is 0 Å². The third-order valence-corrected chi connectivity index (χ3v) is 5.06. The zero-order valence-electron chi connectivity index (χ0n) is 12.4. The van der Waals surface area contributed by atoms with Crippen molar-refractivity contribution in [2.24, 2.45) is 9.98 Å². The molecule has 1 aromatic rings. The van der Waals surface area contributed by atoms with Crippen LogP contribution < -0.4 is 0 Å². The van der Waals surface area contributed by atoms with Crippen LogP contribution in [0.2, 0.25) is 0 Å². The van der Waals surface area contributed by atoms with Crippen LogP contribution >= 0.6 is 15.9 Å². The molecule has 0 aliphatic carbocycles. The Morgan fingerprint density at radius 2 is 2.27 bits per heavy atom. The molecule has 1 unspecified atom stereocenters. The summed E-state index contributed by atoms with van der Waals surface area (Å²) in [6, 6.07) is 4.74. The Morgan fingerprint density at radius 3 is 2.91 bits per heavy atom. The number of aliphatic imine (C=N–C) groups is 2. The number of hydrogen-bond acceptors (Lipinski definition) is 6. The first-order valence-electron chi connectivity index (χ1n) is 6.67. The van der Waals surface area contributed by atoms with Gasteiger partial charge in [-0.3, -0.25) is 15.1 Å². The second-order valence-electron chi connectivity index (χ2n) is 4.34. The molecule has 0 bridgehead atoms. The highest BCUT2D eigenvalue weighted by molar-refractivity contribution is 9.11. The van der Waals surface area contributed by atoms with Gasteiger partial charge in [-0.15, -0.1) is 0 Å². The lowest BCUT2D eigenvalue weighted by molar-refractivity contribution is -0.385.